The molecule has 0 fully saturated rings. The van der Waals surface area contributed by atoms with Gasteiger partial charge in [0.2, 0.25) is 5.89 Å². The van der Waals surface area contributed by atoms with Crippen molar-refractivity contribution in [2.24, 2.45) is 5.73 Å². The van der Waals surface area contributed by atoms with Crippen LogP contribution in [0.3, 0.4) is 0 Å². The third kappa shape index (κ3) is 2.61. The van der Waals surface area contributed by atoms with Crippen molar-refractivity contribution in [2.45, 2.75) is 19.3 Å². The lowest BCUT2D eigenvalue weighted by molar-refractivity contribution is 0.386. The molecule has 0 aliphatic rings. The van der Waals surface area contributed by atoms with Crippen LogP contribution in [0.15, 0.2) is 28.9 Å². The van der Waals surface area contributed by atoms with Crippen molar-refractivity contribution < 1.29 is 13.5 Å². The Morgan fingerprint density at radius 3 is 2.74 bits per heavy atom. The van der Waals surface area contributed by atoms with Crippen molar-refractivity contribution in [2.75, 3.05) is 13.7 Å². The number of hydrogen-bond donors (Lipinski definition) is 1. The average molecular weight is 264 g/mol. The Balaban J connectivity index is 2.36. The molecule has 0 bridgehead atoms. The predicted octanol–water partition coefficient (Wildman–Crippen LogP) is 2.73. The van der Waals surface area contributed by atoms with Crippen molar-refractivity contribution >= 4 is 0 Å². The smallest absolute Gasteiger partial charge is 0.226 e. The molecule has 0 radical (unpaired) electrons. The van der Waals surface area contributed by atoms with E-state index in [9.17, 15) is 4.39 Å². The van der Waals surface area contributed by atoms with Gasteiger partial charge in [0, 0.05) is 17.5 Å². The number of ether oxygens (including phenoxy) is 1. The fourth-order valence-corrected chi connectivity index (χ4v) is 1.62. The van der Waals surface area contributed by atoms with E-state index in [-0.39, 0.29) is 11.2 Å². The van der Waals surface area contributed by atoms with Crippen LogP contribution in [0.25, 0.3) is 11.5 Å². The first-order valence-corrected chi connectivity index (χ1v) is 5.98. The Morgan fingerprint density at radius 2 is 2.16 bits per heavy atom. The van der Waals surface area contributed by atoms with Crippen molar-refractivity contribution in [1.82, 2.24) is 4.98 Å². The third-order valence-electron chi connectivity index (χ3n) is 3.11. The van der Waals surface area contributed by atoms with Crippen molar-refractivity contribution in [3.63, 3.8) is 0 Å². The number of aromatic nitrogens is 1. The Labute approximate surface area is 111 Å². The van der Waals surface area contributed by atoms with E-state index in [4.69, 9.17) is 14.9 Å². The highest BCUT2D eigenvalue weighted by Gasteiger charge is 2.23. The van der Waals surface area contributed by atoms with Crippen LogP contribution in [0, 0.1) is 5.82 Å². The fourth-order valence-electron chi connectivity index (χ4n) is 1.62. The second-order valence-electron chi connectivity index (χ2n) is 4.98. The molecular formula is C14H17FN2O2. The lowest BCUT2D eigenvalue weighted by atomic mass is 9.90. The van der Waals surface area contributed by atoms with Gasteiger partial charge in [0.05, 0.1) is 12.8 Å². The third-order valence-corrected chi connectivity index (χ3v) is 3.11. The molecule has 0 spiro atoms. The molecule has 5 heteroatoms. The summed E-state index contributed by atoms with van der Waals surface area (Å²) < 4.78 is 23.9. The van der Waals surface area contributed by atoms with Crippen LogP contribution in [0.4, 0.5) is 4.39 Å². The molecule has 2 rings (SSSR count). The molecule has 0 aliphatic carbocycles. The maximum Gasteiger partial charge on any atom is 0.226 e. The van der Waals surface area contributed by atoms with Crippen LogP contribution in [0.2, 0.25) is 0 Å². The molecule has 19 heavy (non-hydrogen) atoms. The van der Waals surface area contributed by atoms with Crippen LogP contribution >= 0.6 is 0 Å². The highest BCUT2D eigenvalue weighted by atomic mass is 19.1. The molecule has 1 aromatic heterocycles. The fraction of sp³-hybridized carbons (Fsp3) is 0.357. The zero-order chi connectivity index (χ0) is 14.0. The Kier molecular flexibility index (Phi) is 3.57. The summed E-state index contributed by atoms with van der Waals surface area (Å²) in [6, 6.07) is 4.58. The van der Waals surface area contributed by atoms with Gasteiger partial charge < -0.3 is 14.9 Å². The maximum absolute atomic E-state index is 13.6. The number of benzene rings is 1. The van der Waals surface area contributed by atoms with Gasteiger partial charge in [0.25, 0.3) is 0 Å². The zero-order valence-corrected chi connectivity index (χ0v) is 11.2. The molecule has 0 atom stereocenters. The Hall–Kier alpha value is -1.88. The first kappa shape index (κ1) is 13.5. The maximum atomic E-state index is 13.6. The Bertz CT molecular complexity index is 579. The van der Waals surface area contributed by atoms with E-state index in [1.54, 1.807) is 18.4 Å². The summed E-state index contributed by atoms with van der Waals surface area (Å²) in [6.45, 7) is 4.41. The molecule has 0 saturated heterocycles. The minimum absolute atomic E-state index is 0.192. The van der Waals surface area contributed by atoms with Crippen LogP contribution in [-0.4, -0.2) is 18.6 Å². The van der Waals surface area contributed by atoms with E-state index in [2.05, 4.69) is 4.98 Å². The lowest BCUT2D eigenvalue weighted by Gasteiger charge is -2.18. The predicted molar refractivity (Wildman–Crippen MR) is 70.5 cm³/mol. The van der Waals surface area contributed by atoms with Gasteiger partial charge >= 0.3 is 0 Å². The number of nitrogens with two attached hydrogens (primary N) is 1. The van der Waals surface area contributed by atoms with E-state index < -0.39 is 5.82 Å². The molecule has 4 nitrogen and oxygen atoms in total. The van der Waals surface area contributed by atoms with Gasteiger partial charge in [-0.2, -0.15) is 0 Å². The first-order chi connectivity index (χ1) is 8.97. The molecule has 0 amide bonds. The highest BCUT2D eigenvalue weighted by Crippen LogP contribution is 2.28. The van der Waals surface area contributed by atoms with E-state index in [0.717, 1.165) is 5.69 Å². The molecule has 2 aromatic rings. The summed E-state index contributed by atoms with van der Waals surface area (Å²) in [5, 5.41) is 0. The summed E-state index contributed by atoms with van der Waals surface area (Å²) in [7, 11) is 1.42. The second kappa shape index (κ2) is 5.01. The summed E-state index contributed by atoms with van der Waals surface area (Å²) in [5.74, 6) is 0.119. The van der Waals surface area contributed by atoms with Crippen LogP contribution < -0.4 is 10.5 Å². The second-order valence-corrected chi connectivity index (χ2v) is 4.98. The van der Waals surface area contributed by atoms with Gasteiger partial charge in [-0.15, -0.1) is 0 Å². The van der Waals surface area contributed by atoms with Crippen molar-refractivity contribution in [3.05, 3.63) is 36.0 Å². The lowest BCUT2D eigenvalue weighted by Crippen LogP contribution is -2.28. The molecule has 2 N–H and O–H groups in total. The topological polar surface area (TPSA) is 61.3 Å². The summed E-state index contributed by atoms with van der Waals surface area (Å²) in [4.78, 5) is 4.37. The number of nitrogens with zero attached hydrogens (tertiary/aromatic N) is 1. The quantitative estimate of drug-likeness (QED) is 0.922. The molecule has 0 saturated carbocycles. The minimum atomic E-state index is -0.446. The largest absolute Gasteiger partial charge is 0.494 e. The normalized spacial score (nSPS) is 11.6. The van der Waals surface area contributed by atoms with Gasteiger partial charge in [-0.25, -0.2) is 9.37 Å². The van der Waals surface area contributed by atoms with E-state index in [1.807, 2.05) is 13.8 Å². The van der Waals surface area contributed by atoms with E-state index >= 15 is 0 Å². The van der Waals surface area contributed by atoms with Crippen molar-refractivity contribution in [1.29, 1.82) is 0 Å². The Morgan fingerprint density at radius 1 is 1.42 bits per heavy atom. The van der Waals surface area contributed by atoms with Gasteiger partial charge in [-0.1, -0.05) is 13.8 Å². The average Bonchev–Trinajstić information content (AvgIpc) is 2.89. The number of hydrogen-bond acceptors (Lipinski definition) is 4. The molecule has 102 valence electrons. The molecule has 0 unspecified atom stereocenters. The zero-order valence-electron chi connectivity index (χ0n) is 11.2. The first-order valence-electron chi connectivity index (χ1n) is 5.98. The number of methoxy groups -OCH3 is 1. The van der Waals surface area contributed by atoms with Gasteiger partial charge in [0.15, 0.2) is 11.6 Å². The number of oxazole rings is 1. The summed E-state index contributed by atoms with van der Waals surface area (Å²) in [5.41, 5.74) is 6.74. The molecule has 0 aliphatic heterocycles. The summed E-state index contributed by atoms with van der Waals surface area (Å²) in [6.07, 6.45) is 1.56. The van der Waals surface area contributed by atoms with Crippen LogP contribution in [0.5, 0.6) is 5.75 Å². The standard InChI is InChI=1S/C14H17FN2O2/c1-14(2,8-16)12-7-19-13(17-12)9-4-5-11(18-3)10(15)6-9/h4-7H,8,16H2,1-3H3. The SMILES string of the molecule is COc1ccc(-c2nc(C(C)(C)CN)co2)cc1F. The molecule has 1 heterocycles. The van der Waals surface area contributed by atoms with E-state index in [0.29, 0.717) is 18.0 Å². The van der Waals surface area contributed by atoms with Crippen LogP contribution in [-0.2, 0) is 5.41 Å². The van der Waals surface area contributed by atoms with Crippen molar-refractivity contribution in [3.8, 4) is 17.2 Å². The number of halogens is 1. The monoisotopic (exact) mass is 264 g/mol. The highest BCUT2D eigenvalue weighted by molar-refractivity contribution is 5.55. The van der Waals surface area contributed by atoms with Gasteiger partial charge in [-0.3, -0.25) is 0 Å². The van der Waals surface area contributed by atoms with E-state index in [1.165, 1.54) is 13.2 Å². The van der Waals surface area contributed by atoms with Gasteiger partial charge in [0.1, 0.15) is 6.26 Å². The summed E-state index contributed by atoms with van der Waals surface area (Å²) >= 11 is 0. The molecule has 1 aromatic carbocycles. The number of rotatable bonds is 4. The van der Waals surface area contributed by atoms with Gasteiger partial charge in [-0.05, 0) is 18.2 Å². The van der Waals surface area contributed by atoms with Crippen LogP contribution in [0.1, 0.15) is 19.5 Å². The molecular weight excluding hydrogens is 247 g/mol. The minimum Gasteiger partial charge on any atom is -0.494 e.